The van der Waals surface area contributed by atoms with Crippen LogP contribution in [0.5, 0.6) is 0 Å². The van der Waals surface area contributed by atoms with E-state index in [1.165, 1.54) is 17.8 Å². The minimum atomic E-state index is -0.595. The first kappa shape index (κ1) is 18.0. The van der Waals surface area contributed by atoms with Gasteiger partial charge in [-0.1, -0.05) is 50.2 Å². The van der Waals surface area contributed by atoms with E-state index in [0.717, 1.165) is 30.3 Å². The summed E-state index contributed by atoms with van der Waals surface area (Å²) in [7, 11) is 0. The van der Waals surface area contributed by atoms with E-state index >= 15 is 0 Å². The van der Waals surface area contributed by atoms with E-state index in [2.05, 4.69) is 12.1 Å². The Labute approximate surface area is 143 Å². The molecule has 0 radical (unpaired) electrons. The molecule has 2 aromatic rings. The molecular weight excluding hydrogens is 302 g/mol. The number of aromatic nitrogens is 1. The zero-order valence-electron chi connectivity index (χ0n) is 14.4. The van der Waals surface area contributed by atoms with Crippen molar-refractivity contribution in [2.45, 2.75) is 45.6 Å². The first-order chi connectivity index (χ1) is 11.6. The number of nitrogens with zero attached hydrogens (tertiary/aromatic N) is 1. The van der Waals surface area contributed by atoms with Gasteiger partial charge in [-0.05, 0) is 43.2 Å². The van der Waals surface area contributed by atoms with Crippen molar-refractivity contribution in [3.8, 4) is 0 Å². The van der Waals surface area contributed by atoms with Crippen LogP contribution in [0.1, 0.15) is 38.7 Å². The molecular formula is C20H25NO3. The molecule has 0 saturated carbocycles. The van der Waals surface area contributed by atoms with Crippen molar-refractivity contribution in [2.24, 2.45) is 5.92 Å². The van der Waals surface area contributed by atoms with Crippen LogP contribution < -0.4 is 5.56 Å². The molecule has 0 spiro atoms. The minimum Gasteiger partial charge on any atom is -0.445 e. The van der Waals surface area contributed by atoms with Crippen molar-refractivity contribution in [1.82, 2.24) is 4.57 Å². The van der Waals surface area contributed by atoms with Crippen molar-refractivity contribution in [3.63, 3.8) is 0 Å². The molecule has 4 heteroatoms. The first-order valence-corrected chi connectivity index (χ1v) is 8.50. The average molecular weight is 327 g/mol. The molecule has 4 nitrogen and oxygen atoms in total. The van der Waals surface area contributed by atoms with Crippen molar-refractivity contribution in [3.05, 3.63) is 70.6 Å². The summed E-state index contributed by atoms with van der Waals surface area (Å²) in [5.41, 5.74) is 0.959. The maximum Gasteiger partial charge on any atom is 0.421 e. The van der Waals surface area contributed by atoms with E-state index in [0.29, 0.717) is 0 Å². The molecule has 2 rings (SSSR count). The lowest BCUT2D eigenvalue weighted by atomic mass is 9.99. The lowest BCUT2D eigenvalue weighted by molar-refractivity contribution is 0.0645. The predicted octanol–water partition coefficient (Wildman–Crippen LogP) is 4.27. The third-order valence-electron chi connectivity index (χ3n) is 4.06. The molecule has 0 aliphatic carbocycles. The number of rotatable bonds is 7. The van der Waals surface area contributed by atoms with Crippen molar-refractivity contribution >= 4 is 6.09 Å². The Hall–Kier alpha value is -2.36. The monoisotopic (exact) mass is 327 g/mol. The van der Waals surface area contributed by atoms with Gasteiger partial charge in [-0.15, -0.1) is 0 Å². The smallest absolute Gasteiger partial charge is 0.421 e. The molecule has 1 heterocycles. The maximum atomic E-state index is 12.2. The van der Waals surface area contributed by atoms with Crippen LogP contribution in [0.3, 0.4) is 0 Å². The lowest BCUT2D eigenvalue weighted by Gasteiger charge is -2.21. The van der Waals surface area contributed by atoms with Gasteiger partial charge in [-0.3, -0.25) is 4.79 Å². The molecule has 24 heavy (non-hydrogen) atoms. The van der Waals surface area contributed by atoms with Crippen LogP contribution in [0.25, 0.3) is 0 Å². The number of unbranched alkanes of at least 4 members (excludes halogenated alkanes) is 1. The van der Waals surface area contributed by atoms with Crippen LogP contribution in [0.4, 0.5) is 4.79 Å². The van der Waals surface area contributed by atoms with Crippen LogP contribution in [-0.4, -0.2) is 16.8 Å². The van der Waals surface area contributed by atoms with E-state index in [1.807, 2.05) is 32.0 Å². The third-order valence-corrected chi connectivity index (χ3v) is 4.06. The lowest BCUT2D eigenvalue weighted by Crippen LogP contribution is -2.32. The van der Waals surface area contributed by atoms with E-state index in [4.69, 9.17) is 4.74 Å². The molecule has 1 aromatic carbocycles. The highest BCUT2D eigenvalue weighted by Crippen LogP contribution is 2.16. The highest BCUT2D eigenvalue weighted by Gasteiger charge is 2.19. The van der Waals surface area contributed by atoms with Crippen molar-refractivity contribution < 1.29 is 9.53 Å². The molecule has 128 valence electrons. The highest BCUT2D eigenvalue weighted by molar-refractivity contribution is 5.70. The summed E-state index contributed by atoms with van der Waals surface area (Å²) in [6, 6.07) is 15.0. The number of benzene rings is 1. The van der Waals surface area contributed by atoms with Crippen LogP contribution in [0, 0.1) is 5.92 Å². The Balaban J connectivity index is 1.84. The first-order valence-electron chi connectivity index (χ1n) is 8.50. The fraction of sp³-hybridized carbons (Fsp3) is 0.400. The van der Waals surface area contributed by atoms with E-state index in [1.54, 1.807) is 12.1 Å². The number of hydrogen-bond acceptors (Lipinski definition) is 3. The molecule has 0 amide bonds. The van der Waals surface area contributed by atoms with Gasteiger partial charge >= 0.3 is 6.09 Å². The molecule has 0 N–H and O–H groups in total. The third kappa shape index (κ3) is 5.37. The molecule has 0 saturated heterocycles. The van der Waals surface area contributed by atoms with Crippen LogP contribution in [0.2, 0.25) is 0 Å². The van der Waals surface area contributed by atoms with E-state index in [-0.39, 0.29) is 17.6 Å². The largest absolute Gasteiger partial charge is 0.445 e. The molecule has 0 fully saturated rings. The van der Waals surface area contributed by atoms with Gasteiger partial charge in [0.1, 0.15) is 6.10 Å². The summed E-state index contributed by atoms with van der Waals surface area (Å²) in [4.78, 5) is 23.9. The zero-order valence-corrected chi connectivity index (χ0v) is 14.4. The van der Waals surface area contributed by atoms with Crippen LogP contribution >= 0.6 is 0 Å². The number of carbonyl (C=O) groups is 1. The van der Waals surface area contributed by atoms with Gasteiger partial charge < -0.3 is 4.74 Å². The topological polar surface area (TPSA) is 48.3 Å². The van der Waals surface area contributed by atoms with Crippen molar-refractivity contribution in [2.75, 3.05) is 0 Å². The average Bonchev–Trinajstić information content (AvgIpc) is 2.58. The summed E-state index contributed by atoms with van der Waals surface area (Å²) >= 11 is 0. The quantitative estimate of drug-likeness (QED) is 0.714. The summed E-state index contributed by atoms with van der Waals surface area (Å²) in [6.07, 6.45) is 4.53. The Morgan fingerprint density at radius 3 is 2.42 bits per heavy atom. The number of ether oxygens (including phenoxy) is 1. The highest BCUT2D eigenvalue weighted by atomic mass is 16.6. The number of pyridine rings is 1. The second-order valence-corrected chi connectivity index (χ2v) is 6.31. The van der Waals surface area contributed by atoms with Gasteiger partial charge in [0.2, 0.25) is 0 Å². The second-order valence-electron chi connectivity index (χ2n) is 6.31. The maximum absolute atomic E-state index is 12.2. The van der Waals surface area contributed by atoms with Gasteiger partial charge in [0.25, 0.3) is 5.56 Å². The van der Waals surface area contributed by atoms with E-state index < -0.39 is 6.09 Å². The van der Waals surface area contributed by atoms with Crippen LogP contribution in [0.15, 0.2) is 59.5 Å². The molecule has 1 unspecified atom stereocenters. The number of aryl methyl sites for hydroxylation is 1. The number of carbonyl (C=O) groups excluding carboxylic acids is 1. The number of hydrogen-bond donors (Lipinski definition) is 0. The van der Waals surface area contributed by atoms with Gasteiger partial charge in [0.05, 0.1) is 0 Å². The van der Waals surface area contributed by atoms with Gasteiger partial charge in [0.15, 0.2) is 0 Å². The fourth-order valence-corrected chi connectivity index (χ4v) is 2.61. The zero-order chi connectivity index (χ0) is 17.4. The minimum absolute atomic E-state index is 0.180. The van der Waals surface area contributed by atoms with Crippen molar-refractivity contribution in [1.29, 1.82) is 0 Å². The predicted molar refractivity (Wildman–Crippen MR) is 95.2 cm³/mol. The summed E-state index contributed by atoms with van der Waals surface area (Å²) in [5.74, 6) is 0.213. The molecule has 0 bridgehead atoms. The molecule has 0 aliphatic heterocycles. The van der Waals surface area contributed by atoms with Gasteiger partial charge in [-0.25, -0.2) is 9.36 Å². The summed E-state index contributed by atoms with van der Waals surface area (Å²) in [6.45, 7) is 4.06. The molecule has 1 atom stereocenters. The summed E-state index contributed by atoms with van der Waals surface area (Å²) in [5, 5.41) is 0. The second kappa shape index (κ2) is 9.06. The normalized spacial score (nSPS) is 12.1. The van der Waals surface area contributed by atoms with Crippen LogP contribution in [-0.2, 0) is 11.2 Å². The summed E-state index contributed by atoms with van der Waals surface area (Å²) < 4.78 is 6.57. The molecule has 1 aromatic heterocycles. The van der Waals surface area contributed by atoms with E-state index in [9.17, 15) is 9.59 Å². The molecule has 0 aliphatic rings. The van der Waals surface area contributed by atoms with Gasteiger partial charge in [0, 0.05) is 12.3 Å². The Morgan fingerprint density at radius 2 is 1.75 bits per heavy atom. The Bertz CT molecular complexity index is 691. The SMILES string of the molecule is CC(C)C(CCCCc1ccccc1)OC(=O)n1ccccc1=O. The standard InChI is InChI=1S/C20H25NO3/c1-16(2)18(13-7-6-12-17-10-4-3-5-11-17)24-20(23)21-15-9-8-14-19(21)22/h3-5,8-11,14-16,18H,6-7,12-13H2,1-2H3. The fourth-order valence-electron chi connectivity index (χ4n) is 2.61. The Morgan fingerprint density at radius 1 is 1.04 bits per heavy atom. The Kier molecular flexibility index (Phi) is 6.79. The van der Waals surface area contributed by atoms with Gasteiger partial charge in [-0.2, -0.15) is 0 Å².